The Bertz CT molecular complexity index is 964. The molecule has 0 aliphatic heterocycles. The number of hydrogen-bond acceptors (Lipinski definition) is 2. The second kappa shape index (κ2) is 7.11. The molecule has 0 bridgehead atoms. The zero-order chi connectivity index (χ0) is 18.0. The Kier molecular flexibility index (Phi) is 4.91. The van der Waals surface area contributed by atoms with Gasteiger partial charge in [0, 0.05) is 28.4 Å². The molecule has 3 aromatic rings. The predicted molar refractivity (Wildman–Crippen MR) is 97.9 cm³/mol. The molecule has 128 valence electrons. The molecule has 1 aromatic heterocycles. The van der Waals surface area contributed by atoms with Gasteiger partial charge in [0.2, 0.25) is 0 Å². The normalized spacial score (nSPS) is 10.7. The minimum Gasteiger partial charge on any atom is -0.497 e. The largest absolute Gasteiger partial charge is 0.497 e. The van der Waals surface area contributed by atoms with Crippen molar-refractivity contribution >= 4 is 11.6 Å². The Hall–Kier alpha value is -2.59. The van der Waals surface area contributed by atoms with E-state index in [1.807, 2.05) is 31.2 Å². The van der Waals surface area contributed by atoms with Gasteiger partial charge >= 0.3 is 0 Å². The lowest BCUT2D eigenvalue weighted by molar-refractivity contribution is 0.415. The second-order valence-electron chi connectivity index (χ2n) is 5.80. The summed E-state index contributed by atoms with van der Waals surface area (Å²) in [6.07, 6.45) is 1.76. The number of aromatic nitrogens is 1. The fourth-order valence-corrected chi connectivity index (χ4v) is 2.86. The minimum absolute atomic E-state index is 0.144. The van der Waals surface area contributed by atoms with Gasteiger partial charge in [-0.3, -0.25) is 4.79 Å². The maximum absolute atomic E-state index is 14.0. The van der Waals surface area contributed by atoms with E-state index in [-0.39, 0.29) is 12.1 Å². The van der Waals surface area contributed by atoms with Crippen molar-refractivity contribution in [2.24, 2.45) is 0 Å². The van der Waals surface area contributed by atoms with Crippen molar-refractivity contribution in [2.75, 3.05) is 7.11 Å². The predicted octanol–water partition coefficient (Wildman–Crippen LogP) is 4.67. The summed E-state index contributed by atoms with van der Waals surface area (Å²) in [7, 11) is 1.61. The summed E-state index contributed by atoms with van der Waals surface area (Å²) >= 11 is 5.78. The van der Waals surface area contributed by atoms with Gasteiger partial charge in [0.15, 0.2) is 0 Å². The SMILES string of the molecule is COc1ccc(-c2cn(Cc3ccc(Cl)cc3F)c(=O)cc2C)cc1. The summed E-state index contributed by atoms with van der Waals surface area (Å²) in [5.74, 6) is 0.337. The molecular formula is C20H17ClFNO2. The highest BCUT2D eigenvalue weighted by molar-refractivity contribution is 6.30. The number of methoxy groups -OCH3 is 1. The third-order valence-electron chi connectivity index (χ3n) is 4.09. The number of pyridine rings is 1. The zero-order valence-corrected chi connectivity index (χ0v) is 14.7. The third kappa shape index (κ3) is 3.74. The number of aryl methyl sites for hydroxylation is 1. The van der Waals surface area contributed by atoms with Crippen LogP contribution in [-0.2, 0) is 6.54 Å². The molecule has 0 unspecified atom stereocenters. The first-order valence-corrected chi connectivity index (χ1v) is 8.15. The molecule has 2 aromatic carbocycles. The Morgan fingerprint density at radius 2 is 1.84 bits per heavy atom. The quantitative estimate of drug-likeness (QED) is 0.679. The molecule has 25 heavy (non-hydrogen) atoms. The van der Waals surface area contributed by atoms with Crippen LogP contribution in [0.4, 0.5) is 4.39 Å². The van der Waals surface area contributed by atoms with Crippen LogP contribution in [0, 0.1) is 12.7 Å². The highest BCUT2D eigenvalue weighted by atomic mass is 35.5. The molecule has 0 atom stereocenters. The number of ether oxygens (including phenoxy) is 1. The van der Waals surface area contributed by atoms with Crippen molar-refractivity contribution in [2.45, 2.75) is 13.5 Å². The molecular weight excluding hydrogens is 341 g/mol. The molecule has 0 saturated carbocycles. The number of nitrogens with zero attached hydrogens (tertiary/aromatic N) is 1. The first kappa shape index (κ1) is 17.2. The average Bonchev–Trinajstić information content (AvgIpc) is 2.59. The molecule has 0 aliphatic carbocycles. The van der Waals surface area contributed by atoms with Crippen molar-refractivity contribution in [3.8, 4) is 16.9 Å². The van der Waals surface area contributed by atoms with Gasteiger partial charge in [-0.25, -0.2) is 4.39 Å². The fourth-order valence-electron chi connectivity index (χ4n) is 2.70. The van der Waals surface area contributed by atoms with Gasteiger partial charge in [-0.2, -0.15) is 0 Å². The maximum Gasteiger partial charge on any atom is 0.251 e. The summed E-state index contributed by atoms with van der Waals surface area (Å²) in [6.45, 7) is 2.03. The van der Waals surface area contributed by atoms with Gasteiger partial charge in [0.1, 0.15) is 11.6 Å². The lowest BCUT2D eigenvalue weighted by atomic mass is 10.0. The van der Waals surface area contributed by atoms with Gasteiger partial charge in [-0.05, 0) is 42.3 Å². The molecule has 0 fully saturated rings. The Morgan fingerprint density at radius 1 is 1.12 bits per heavy atom. The molecule has 1 heterocycles. The summed E-state index contributed by atoms with van der Waals surface area (Å²) < 4.78 is 20.7. The lowest BCUT2D eigenvalue weighted by Gasteiger charge is -2.12. The van der Waals surface area contributed by atoms with Crippen molar-refractivity contribution in [3.05, 3.63) is 87.0 Å². The van der Waals surface area contributed by atoms with Gasteiger partial charge in [0.25, 0.3) is 5.56 Å². The van der Waals surface area contributed by atoms with Crippen LogP contribution in [0.2, 0.25) is 5.02 Å². The Morgan fingerprint density at radius 3 is 2.48 bits per heavy atom. The van der Waals surface area contributed by atoms with Crippen LogP contribution in [0.25, 0.3) is 11.1 Å². The van der Waals surface area contributed by atoms with Crippen LogP contribution in [0.3, 0.4) is 0 Å². The van der Waals surface area contributed by atoms with Crippen molar-refractivity contribution in [1.82, 2.24) is 4.57 Å². The molecule has 0 spiro atoms. The van der Waals surface area contributed by atoms with E-state index in [0.717, 1.165) is 22.4 Å². The number of halogens is 2. The number of benzene rings is 2. The van der Waals surface area contributed by atoms with Gasteiger partial charge in [-0.15, -0.1) is 0 Å². The summed E-state index contributed by atoms with van der Waals surface area (Å²) in [6, 6.07) is 13.6. The van der Waals surface area contributed by atoms with Gasteiger partial charge in [0.05, 0.1) is 13.7 Å². The van der Waals surface area contributed by atoms with E-state index < -0.39 is 5.82 Å². The van der Waals surface area contributed by atoms with E-state index >= 15 is 0 Å². The first-order valence-electron chi connectivity index (χ1n) is 7.77. The lowest BCUT2D eigenvalue weighted by Crippen LogP contribution is -2.20. The summed E-state index contributed by atoms with van der Waals surface area (Å²) in [4.78, 5) is 12.3. The molecule has 5 heteroatoms. The minimum atomic E-state index is -0.425. The standard InChI is InChI=1S/C20H17ClFNO2/c1-13-9-20(24)23(11-15-3-6-16(21)10-19(15)22)12-18(13)14-4-7-17(25-2)8-5-14/h3-10,12H,11H2,1-2H3. The van der Waals surface area contributed by atoms with Crippen molar-refractivity contribution in [1.29, 1.82) is 0 Å². The topological polar surface area (TPSA) is 31.2 Å². The first-order chi connectivity index (χ1) is 12.0. The molecule has 0 saturated heterocycles. The van der Waals surface area contributed by atoms with Gasteiger partial charge < -0.3 is 9.30 Å². The summed E-state index contributed by atoms with van der Waals surface area (Å²) in [5.41, 5.74) is 2.98. The van der Waals surface area contributed by atoms with Gasteiger partial charge in [-0.1, -0.05) is 29.8 Å². The van der Waals surface area contributed by atoms with E-state index in [1.165, 1.54) is 10.6 Å². The Labute approximate surface area is 150 Å². The fraction of sp³-hybridized carbons (Fsp3) is 0.150. The van der Waals surface area contributed by atoms with Crippen LogP contribution >= 0.6 is 11.6 Å². The maximum atomic E-state index is 14.0. The van der Waals surface area contributed by atoms with Crippen LogP contribution < -0.4 is 10.3 Å². The average molecular weight is 358 g/mol. The van der Waals surface area contributed by atoms with Crippen LogP contribution in [0.15, 0.2) is 59.5 Å². The van der Waals surface area contributed by atoms with E-state index in [4.69, 9.17) is 16.3 Å². The summed E-state index contributed by atoms with van der Waals surface area (Å²) in [5, 5.41) is 0.330. The molecule has 0 amide bonds. The molecule has 3 rings (SSSR count). The molecule has 0 radical (unpaired) electrons. The second-order valence-corrected chi connectivity index (χ2v) is 6.24. The van der Waals surface area contributed by atoms with Crippen molar-refractivity contribution in [3.63, 3.8) is 0 Å². The van der Waals surface area contributed by atoms with E-state index in [1.54, 1.807) is 31.5 Å². The molecule has 0 N–H and O–H groups in total. The van der Waals surface area contributed by atoms with E-state index in [9.17, 15) is 9.18 Å². The van der Waals surface area contributed by atoms with Crippen molar-refractivity contribution < 1.29 is 9.13 Å². The molecule has 3 nitrogen and oxygen atoms in total. The van der Waals surface area contributed by atoms with Crippen LogP contribution in [0.5, 0.6) is 5.75 Å². The smallest absolute Gasteiger partial charge is 0.251 e. The van der Waals surface area contributed by atoms with Crippen LogP contribution in [0.1, 0.15) is 11.1 Å². The number of hydrogen-bond donors (Lipinski definition) is 0. The zero-order valence-electron chi connectivity index (χ0n) is 13.9. The van der Waals surface area contributed by atoms with Crippen LogP contribution in [-0.4, -0.2) is 11.7 Å². The molecule has 0 aliphatic rings. The Balaban J connectivity index is 2.01. The highest BCUT2D eigenvalue weighted by Gasteiger charge is 2.09. The van der Waals surface area contributed by atoms with E-state index in [2.05, 4.69) is 0 Å². The number of rotatable bonds is 4. The third-order valence-corrected chi connectivity index (χ3v) is 4.32. The monoisotopic (exact) mass is 357 g/mol. The highest BCUT2D eigenvalue weighted by Crippen LogP contribution is 2.25. The van der Waals surface area contributed by atoms with E-state index in [0.29, 0.717) is 10.6 Å².